The third-order valence-corrected chi connectivity index (χ3v) is 7.28. The van der Waals surface area contributed by atoms with Gasteiger partial charge in [0, 0.05) is 33.2 Å². The molecule has 1 atom stereocenters. The number of thiophene rings is 1. The molecule has 4 nitrogen and oxygen atoms in total. The molecular formula is C25H25N3OS. The summed E-state index contributed by atoms with van der Waals surface area (Å²) in [7, 11) is 0. The fourth-order valence-electron chi connectivity index (χ4n) is 4.53. The lowest BCUT2D eigenvalue weighted by Crippen LogP contribution is -2.16. The highest BCUT2D eigenvalue weighted by Crippen LogP contribution is 2.32. The number of aromatic nitrogens is 1. The standard InChI is InChI=1S/C25H25N3OS/c1-3-28-21-7-5-4-6-19(21)20-13-17(9-10-22(20)28)15-26-27-25(29)24-14-18-12-16(2)8-11-23(18)30-24/h4-7,9-10,13-16H,3,8,11-12H2,1-2H3,(H,27,29)/b26-15-/t16-/m1/s1. The molecule has 30 heavy (non-hydrogen) atoms. The fraction of sp³-hybridized carbons (Fsp3) is 0.280. The predicted molar refractivity (Wildman–Crippen MR) is 126 cm³/mol. The molecule has 0 aliphatic heterocycles. The molecule has 0 saturated carbocycles. The molecule has 5 heteroatoms. The van der Waals surface area contributed by atoms with Crippen LogP contribution in [0.2, 0.25) is 0 Å². The molecule has 2 heterocycles. The van der Waals surface area contributed by atoms with Gasteiger partial charge in [-0.25, -0.2) is 5.43 Å². The maximum absolute atomic E-state index is 12.5. The molecule has 1 aliphatic carbocycles. The van der Waals surface area contributed by atoms with Crippen molar-refractivity contribution in [2.75, 3.05) is 0 Å². The van der Waals surface area contributed by atoms with Crippen LogP contribution in [0.1, 0.15) is 45.9 Å². The van der Waals surface area contributed by atoms with Gasteiger partial charge in [0.05, 0.1) is 11.1 Å². The average Bonchev–Trinajstić information content (AvgIpc) is 3.32. The first-order valence-electron chi connectivity index (χ1n) is 10.6. The minimum atomic E-state index is -0.123. The van der Waals surface area contributed by atoms with E-state index >= 15 is 0 Å². The number of fused-ring (bicyclic) bond motifs is 4. The second kappa shape index (κ2) is 7.73. The van der Waals surface area contributed by atoms with E-state index in [0.29, 0.717) is 5.92 Å². The van der Waals surface area contributed by atoms with Gasteiger partial charge in [0.1, 0.15) is 0 Å². The van der Waals surface area contributed by atoms with Crippen molar-refractivity contribution in [3.8, 4) is 0 Å². The topological polar surface area (TPSA) is 46.4 Å². The van der Waals surface area contributed by atoms with Crippen molar-refractivity contribution in [1.82, 2.24) is 9.99 Å². The number of hydrogen-bond donors (Lipinski definition) is 1. The molecule has 5 rings (SSSR count). The fourth-order valence-corrected chi connectivity index (χ4v) is 5.63. The van der Waals surface area contributed by atoms with Gasteiger partial charge in [-0.3, -0.25) is 4.79 Å². The van der Waals surface area contributed by atoms with Crippen molar-refractivity contribution in [1.29, 1.82) is 0 Å². The molecule has 4 aromatic rings. The molecular weight excluding hydrogens is 390 g/mol. The normalized spacial score (nSPS) is 16.4. The Morgan fingerprint density at radius 3 is 2.90 bits per heavy atom. The average molecular weight is 416 g/mol. The molecule has 2 aromatic carbocycles. The van der Waals surface area contributed by atoms with Gasteiger partial charge in [-0.05, 0) is 67.5 Å². The summed E-state index contributed by atoms with van der Waals surface area (Å²) < 4.78 is 2.33. The Kier molecular flexibility index (Phi) is 4.91. The van der Waals surface area contributed by atoms with Crippen LogP contribution in [-0.4, -0.2) is 16.7 Å². The van der Waals surface area contributed by atoms with Crippen LogP contribution in [0.3, 0.4) is 0 Å². The Morgan fingerprint density at radius 2 is 2.03 bits per heavy atom. The monoisotopic (exact) mass is 415 g/mol. The van der Waals surface area contributed by atoms with Gasteiger partial charge in [-0.1, -0.05) is 31.2 Å². The Bertz CT molecular complexity index is 1280. The van der Waals surface area contributed by atoms with Crippen LogP contribution in [-0.2, 0) is 19.4 Å². The number of amides is 1. The zero-order valence-electron chi connectivity index (χ0n) is 17.3. The number of aryl methyl sites for hydroxylation is 2. The smallest absolute Gasteiger partial charge is 0.281 e. The summed E-state index contributed by atoms with van der Waals surface area (Å²) in [6.45, 7) is 5.37. The Labute approximate surface area is 180 Å². The van der Waals surface area contributed by atoms with E-state index in [1.54, 1.807) is 17.6 Å². The second-order valence-corrected chi connectivity index (χ2v) is 9.28. The lowest BCUT2D eigenvalue weighted by atomic mass is 9.90. The summed E-state index contributed by atoms with van der Waals surface area (Å²) in [5.74, 6) is 0.580. The van der Waals surface area contributed by atoms with E-state index < -0.39 is 0 Å². The first-order valence-corrected chi connectivity index (χ1v) is 11.4. The highest BCUT2D eigenvalue weighted by molar-refractivity contribution is 7.14. The van der Waals surface area contributed by atoms with Crippen molar-refractivity contribution in [3.05, 3.63) is 69.4 Å². The zero-order chi connectivity index (χ0) is 20.7. The molecule has 0 spiro atoms. The third-order valence-electron chi connectivity index (χ3n) is 6.05. The molecule has 152 valence electrons. The van der Waals surface area contributed by atoms with Crippen LogP contribution in [0.4, 0.5) is 0 Å². The summed E-state index contributed by atoms with van der Waals surface area (Å²) in [5, 5.41) is 6.68. The number of carbonyl (C=O) groups is 1. The lowest BCUT2D eigenvalue weighted by Gasteiger charge is -2.16. The molecule has 0 fully saturated rings. The van der Waals surface area contributed by atoms with Gasteiger partial charge in [0.2, 0.25) is 0 Å². The number of para-hydroxylation sites is 1. The first kappa shape index (κ1) is 19.1. The number of rotatable bonds is 4. The third kappa shape index (κ3) is 3.33. The minimum absolute atomic E-state index is 0.123. The molecule has 2 aromatic heterocycles. The Balaban J connectivity index is 1.37. The van der Waals surface area contributed by atoms with Gasteiger partial charge in [-0.2, -0.15) is 5.10 Å². The SMILES string of the molecule is CCn1c2ccccc2c2cc(/C=N\NC(=O)c3cc4c(s3)CC[C@@H](C)C4)ccc21. The number of nitrogens with one attached hydrogen (secondary N) is 1. The van der Waals surface area contributed by atoms with E-state index in [1.165, 1.54) is 38.7 Å². The number of carbonyl (C=O) groups excluding carboxylic acids is 1. The maximum Gasteiger partial charge on any atom is 0.281 e. The van der Waals surface area contributed by atoms with Crippen LogP contribution in [0.25, 0.3) is 21.8 Å². The first-order chi connectivity index (χ1) is 14.6. The van der Waals surface area contributed by atoms with E-state index in [2.05, 4.69) is 65.3 Å². The van der Waals surface area contributed by atoms with Crippen molar-refractivity contribution in [2.24, 2.45) is 11.0 Å². The number of hydrogen-bond acceptors (Lipinski definition) is 3. The second-order valence-electron chi connectivity index (χ2n) is 8.14. The Morgan fingerprint density at radius 1 is 1.20 bits per heavy atom. The van der Waals surface area contributed by atoms with Crippen LogP contribution in [0.5, 0.6) is 0 Å². The van der Waals surface area contributed by atoms with Crippen LogP contribution in [0.15, 0.2) is 53.6 Å². The molecule has 1 N–H and O–H groups in total. The van der Waals surface area contributed by atoms with Gasteiger partial charge in [0.15, 0.2) is 0 Å². The predicted octanol–water partition coefficient (Wildman–Crippen LogP) is 5.76. The van der Waals surface area contributed by atoms with Crippen molar-refractivity contribution in [3.63, 3.8) is 0 Å². The summed E-state index contributed by atoms with van der Waals surface area (Å²) in [6.07, 6.45) is 5.10. The largest absolute Gasteiger partial charge is 0.341 e. The van der Waals surface area contributed by atoms with Crippen molar-refractivity contribution >= 4 is 45.3 Å². The van der Waals surface area contributed by atoms with Crippen molar-refractivity contribution < 1.29 is 4.79 Å². The summed E-state index contributed by atoms with van der Waals surface area (Å²) in [4.78, 5) is 14.7. The maximum atomic E-state index is 12.5. The minimum Gasteiger partial charge on any atom is -0.341 e. The van der Waals surface area contributed by atoms with E-state index in [-0.39, 0.29) is 5.91 Å². The zero-order valence-corrected chi connectivity index (χ0v) is 18.1. The number of benzene rings is 2. The van der Waals surface area contributed by atoms with E-state index in [0.717, 1.165) is 29.8 Å². The number of hydrazone groups is 1. The quantitative estimate of drug-likeness (QED) is 0.334. The van der Waals surface area contributed by atoms with E-state index in [9.17, 15) is 4.79 Å². The lowest BCUT2D eigenvalue weighted by molar-refractivity contribution is 0.0959. The van der Waals surface area contributed by atoms with Crippen molar-refractivity contribution in [2.45, 2.75) is 39.7 Å². The van der Waals surface area contributed by atoms with Crippen LogP contribution in [0, 0.1) is 5.92 Å². The molecule has 0 bridgehead atoms. The van der Waals surface area contributed by atoms with Crippen LogP contribution >= 0.6 is 11.3 Å². The molecule has 1 aliphatic rings. The summed E-state index contributed by atoms with van der Waals surface area (Å²) in [5.41, 5.74) is 7.48. The van der Waals surface area contributed by atoms with E-state index in [1.807, 2.05) is 12.1 Å². The van der Waals surface area contributed by atoms with Gasteiger partial charge in [-0.15, -0.1) is 11.3 Å². The number of nitrogens with zero attached hydrogens (tertiary/aromatic N) is 2. The van der Waals surface area contributed by atoms with Crippen LogP contribution < -0.4 is 5.43 Å². The Hall–Kier alpha value is -2.92. The molecule has 0 saturated heterocycles. The molecule has 0 radical (unpaired) electrons. The van der Waals surface area contributed by atoms with Gasteiger partial charge < -0.3 is 4.57 Å². The van der Waals surface area contributed by atoms with Gasteiger partial charge in [0.25, 0.3) is 5.91 Å². The summed E-state index contributed by atoms with van der Waals surface area (Å²) >= 11 is 1.61. The van der Waals surface area contributed by atoms with E-state index in [4.69, 9.17) is 0 Å². The summed E-state index contributed by atoms with van der Waals surface area (Å²) in [6, 6.07) is 16.8. The highest BCUT2D eigenvalue weighted by atomic mass is 32.1. The molecule has 1 amide bonds. The molecule has 0 unspecified atom stereocenters. The highest BCUT2D eigenvalue weighted by Gasteiger charge is 2.20. The van der Waals surface area contributed by atoms with Gasteiger partial charge >= 0.3 is 0 Å².